The summed E-state index contributed by atoms with van der Waals surface area (Å²) < 4.78 is 58.3. The monoisotopic (exact) mass is 544 g/mol. The summed E-state index contributed by atoms with van der Waals surface area (Å²) >= 11 is 0. The Morgan fingerprint density at radius 2 is 1.95 bits per heavy atom. The topological polar surface area (TPSA) is 110 Å². The van der Waals surface area contributed by atoms with Crippen molar-refractivity contribution in [3.8, 4) is 17.0 Å². The van der Waals surface area contributed by atoms with E-state index in [0.29, 0.717) is 35.4 Å². The number of nitrogens with one attached hydrogen (secondary N) is 2. The summed E-state index contributed by atoms with van der Waals surface area (Å²) in [4.78, 5) is 27.5. The number of benzene rings is 1. The number of nitrogens with zero attached hydrogens (tertiary/aromatic N) is 6. The first-order chi connectivity index (χ1) is 18.7. The minimum absolute atomic E-state index is 0.0231. The SMILES string of the molecule is O=C(Cn1cc(-c2ccc3ncnc(Nc4ccc(F)cc4OCCC(F)(F)F)c3n2)cn1)N1CCNCC1. The quantitative estimate of drug-likeness (QED) is 0.324. The minimum atomic E-state index is -4.41. The fourth-order valence-corrected chi connectivity index (χ4v) is 4.05. The van der Waals surface area contributed by atoms with Crippen LogP contribution >= 0.6 is 0 Å². The molecule has 1 aromatic carbocycles. The van der Waals surface area contributed by atoms with Crippen LogP contribution in [-0.2, 0) is 11.3 Å². The first-order valence-electron chi connectivity index (χ1n) is 12.1. The van der Waals surface area contributed by atoms with Crippen LogP contribution < -0.4 is 15.4 Å². The van der Waals surface area contributed by atoms with Gasteiger partial charge in [0.25, 0.3) is 0 Å². The Balaban J connectivity index is 1.37. The van der Waals surface area contributed by atoms with Crippen molar-refractivity contribution in [3.63, 3.8) is 0 Å². The Morgan fingerprint density at radius 1 is 1.13 bits per heavy atom. The molecule has 0 radical (unpaired) electrons. The highest BCUT2D eigenvalue weighted by Crippen LogP contribution is 2.32. The van der Waals surface area contributed by atoms with E-state index >= 15 is 0 Å². The van der Waals surface area contributed by atoms with Crippen molar-refractivity contribution in [2.24, 2.45) is 0 Å². The average molecular weight is 545 g/mol. The number of ether oxygens (including phenoxy) is 1. The average Bonchev–Trinajstić information content (AvgIpc) is 3.38. The predicted molar refractivity (Wildman–Crippen MR) is 134 cm³/mol. The molecule has 1 fully saturated rings. The lowest BCUT2D eigenvalue weighted by Gasteiger charge is -2.27. The van der Waals surface area contributed by atoms with Gasteiger partial charge in [-0.1, -0.05) is 0 Å². The van der Waals surface area contributed by atoms with E-state index in [1.807, 2.05) is 0 Å². The van der Waals surface area contributed by atoms with Crippen LogP contribution in [0.4, 0.5) is 29.1 Å². The summed E-state index contributed by atoms with van der Waals surface area (Å²) in [7, 11) is 0. The van der Waals surface area contributed by atoms with Gasteiger partial charge in [0.1, 0.15) is 30.0 Å². The number of alkyl halides is 3. The Morgan fingerprint density at radius 3 is 2.74 bits per heavy atom. The molecular weight excluding hydrogens is 520 g/mol. The molecule has 1 aliphatic rings. The molecule has 0 spiro atoms. The molecule has 14 heteroatoms. The summed E-state index contributed by atoms with van der Waals surface area (Å²) in [6, 6.07) is 6.98. The summed E-state index contributed by atoms with van der Waals surface area (Å²) in [5.74, 6) is -0.541. The molecule has 4 heterocycles. The number of hydrogen-bond acceptors (Lipinski definition) is 8. The molecule has 204 valence electrons. The maximum Gasteiger partial charge on any atom is 0.392 e. The smallest absolute Gasteiger partial charge is 0.392 e. The van der Waals surface area contributed by atoms with Gasteiger partial charge in [-0.25, -0.2) is 19.3 Å². The highest BCUT2D eigenvalue weighted by molar-refractivity contribution is 5.89. The number of aromatic nitrogens is 5. The molecule has 5 rings (SSSR count). The number of fused-ring (bicyclic) bond motifs is 1. The van der Waals surface area contributed by atoms with Gasteiger partial charge in [0, 0.05) is 44.0 Å². The molecular formula is C25H24F4N8O2. The Bertz CT molecular complexity index is 1470. The number of pyridine rings is 1. The van der Waals surface area contributed by atoms with Gasteiger partial charge in [0.2, 0.25) is 5.91 Å². The van der Waals surface area contributed by atoms with E-state index in [1.165, 1.54) is 12.4 Å². The zero-order valence-corrected chi connectivity index (χ0v) is 20.6. The normalized spacial score (nSPS) is 14.0. The number of rotatable bonds is 8. The number of anilines is 2. The van der Waals surface area contributed by atoms with E-state index in [2.05, 4.69) is 30.7 Å². The van der Waals surface area contributed by atoms with Crippen LogP contribution in [0.2, 0.25) is 0 Å². The second-order valence-electron chi connectivity index (χ2n) is 8.82. The van der Waals surface area contributed by atoms with E-state index in [4.69, 9.17) is 4.74 Å². The maximum absolute atomic E-state index is 13.8. The molecule has 0 unspecified atom stereocenters. The van der Waals surface area contributed by atoms with Crippen molar-refractivity contribution in [3.05, 3.63) is 54.9 Å². The molecule has 1 aliphatic heterocycles. The van der Waals surface area contributed by atoms with Crippen LogP contribution in [-0.4, -0.2) is 74.5 Å². The lowest BCUT2D eigenvalue weighted by molar-refractivity contribution is -0.139. The van der Waals surface area contributed by atoms with Crippen molar-refractivity contribution in [1.29, 1.82) is 0 Å². The lowest BCUT2D eigenvalue weighted by Crippen LogP contribution is -2.47. The molecule has 3 aromatic heterocycles. The van der Waals surface area contributed by atoms with E-state index in [-0.39, 0.29) is 29.7 Å². The molecule has 0 bridgehead atoms. The first kappa shape index (κ1) is 26.3. The Kier molecular flexibility index (Phi) is 7.54. The molecule has 2 N–H and O–H groups in total. The van der Waals surface area contributed by atoms with E-state index in [0.717, 1.165) is 25.2 Å². The molecule has 39 heavy (non-hydrogen) atoms. The van der Waals surface area contributed by atoms with Crippen LogP contribution in [0.1, 0.15) is 6.42 Å². The van der Waals surface area contributed by atoms with Gasteiger partial charge < -0.3 is 20.3 Å². The second-order valence-corrected chi connectivity index (χ2v) is 8.82. The number of amides is 1. The summed E-state index contributed by atoms with van der Waals surface area (Å²) in [5, 5.41) is 10.5. The standard InChI is InChI=1S/C25H24F4N8O2/c26-17-1-2-19(21(11-17)39-10-5-25(27,28)29)35-24-23-20(31-15-32-24)4-3-18(34-23)16-12-33-37(13-16)14-22(38)36-8-6-30-7-9-36/h1-4,11-13,15,30H,5-10,14H2,(H,31,32,35). The highest BCUT2D eigenvalue weighted by Gasteiger charge is 2.27. The van der Waals surface area contributed by atoms with Crippen LogP contribution in [0.5, 0.6) is 5.75 Å². The van der Waals surface area contributed by atoms with Crippen LogP contribution in [0.15, 0.2) is 49.1 Å². The highest BCUT2D eigenvalue weighted by atomic mass is 19.4. The van der Waals surface area contributed by atoms with Gasteiger partial charge >= 0.3 is 6.18 Å². The molecule has 10 nitrogen and oxygen atoms in total. The zero-order valence-electron chi connectivity index (χ0n) is 20.6. The van der Waals surface area contributed by atoms with Crippen LogP contribution in [0, 0.1) is 5.82 Å². The van der Waals surface area contributed by atoms with Gasteiger partial charge in [-0.15, -0.1) is 0 Å². The third kappa shape index (κ3) is 6.57. The third-order valence-electron chi connectivity index (χ3n) is 6.02. The third-order valence-corrected chi connectivity index (χ3v) is 6.02. The van der Waals surface area contributed by atoms with Gasteiger partial charge in [-0.2, -0.15) is 18.3 Å². The molecule has 4 aromatic rings. The maximum atomic E-state index is 13.8. The Labute approximate surface area is 220 Å². The molecule has 1 saturated heterocycles. The lowest BCUT2D eigenvalue weighted by atomic mass is 10.2. The van der Waals surface area contributed by atoms with Gasteiger partial charge in [0.15, 0.2) is 5.82 Å². The number of hydrogen-bond donors (Lipinski definition) is 2. The second kappa shape index (κ2) is 11.2. The summed E-state index contributed by atoms with van der Waals surface area (Å²) in [5.41, 5.74) is 2.29. The van der Waals surface area contributed by atoms with Crippen LogP contribution in [0.3, 0.4) is 0 Å². The fourth-order valence-electron chi connectivity index (χ4n) is 4.05. The zero-order chi connectivity index (χ0) is 27.4. The summed E-state index contributed by atoms with van der Waals surface area (Å²) in [6.07, 6.45) is -0.963. The number of carbonyl (C=O) groups excluding carboxylic acids is 1. The molecule has 1 amide bonds. The fraction of sp³-hybridized carbons (Fsp3) is 0.320. The van der Waals surface area contributed by atoms with Crippen LogP contribution in [0.25, 0.3) is 22.3 Å². The summed E-state index contributed by atoms with van der Waals surface area (Å²) in [6.45, 7) is 2.25. The van der Waals surface area contributed by atoms with Gasteiger partial charge in [-0.05, 0) is 24.3 Å². The van der Waals surface area contributed by atoms with E-state index in [9.17, 15) is 22.4 Å². The number of carbonyl (C=O) groups is 1. The van der Waals surface area contributed by atoms with E-state index < -0.39 is 25.0 Å². The van der Waals surface area contributed by atoms with Crippen molar-refractivity contribution < 1.29 is 27.1 Å². The largest absolute Gasteiger partial charge is 0.491 e. The van der Waals surface area contributed by atoms with E-state index in [1.54, 1.807) is 34.1 Å². The molecule has 0 atom stereocenters. The van der Waals surface area contributed by atoms with Crippen molar-refractivity contribution in [2.45, 2.75) is 19.1 Å². The van der Waals surface area contributed by atoms with Crippen molar-refractivity contribution in [1.82, 2.24) is 34.9 Å². The Hall–Kier alpha value is -4.33. The first-order valence-corrected chi connectivity index (χ1v) is 12.1. The van der Waals surface area contributed by atoms with Gasteiger partial charge in [0.05, 0.1) is 36.1 Å². The molecule has 0 saturated carbocycles. The van der Waals surface area contributed by atoms with Crippen molar-refractivity contribution >= 4 is 28.4 Å². The minimum Gasteiger partial charge on any atom is -0.491 e. The number of halogens is 4. The molecule has 0 aliphatic carbocycles. The van der Waals surface area contributed by atoms with Crippen molar-refractivity contribution in [2.75, 3.05) is 38.1 Å². The predicted octanol–water partition coefficient (Wildman–Crippen LogP) is 3.53. The van der Waals surface area contributed by atoms with Gasteiger partial charge in [-0.3, -0.25) is 9.48 Å². The number of piperazine rings is 1.